The third kappa shape index (κ3) is 7.19. The average molecular weight is 613 g/mol. The van der Waals surface area contributed by atoms with Gasteiger partial charge in [0.05, 0.1) is 23.8 Å². The summed E-state index contributed by atoms with van der Waals surface area (Å²) in [5.74, 6) is -1.00. The van der Waals surface area contributed by atoms with Crippen molar-refractivity contribution in [1.82, 2.24) is 9.88 Å². The normalized spacial score (nSPS) is 19.0. The summed E-state index contributed by atoms with van der Waals surface area (Å²) in [5.41, 5.74) is 8.59. The maximum atomic E-state index is 14.3. The highest BCUT2D eigenvalue weighted by Gasteiger charge is 2.47. The van der Waals surface area contributed by atoms with Gasteiger partial charge in [0.25, 0.3) is 0 Å². The number of likely N-dealkylation sites (tertiary alicyclic amines) is 1. The number of carbonyl (C=O) groups is 2. The minimum atomic E-state index is -2.33. The zero-order valence-corrected chi connectivity index (χ0v) is 26.9. The van der Waals surface area contributed by atoms with E-state index in [2.05, 4.69) is 44.2 Å². The highest BCUT2D eigenvalue weighted by Crippen LogP contribution is 2.44. The Balaban J connectivity index is 1.50. The van der Waals surface area contributed by atoms with Crippen molar-refractivity contribution >= 4 is 42.5 Å². The van der Waals surface area contributed by atoms with E-state index in [1.54, 1.807) is 18.4 Å². The van der Waals surface area contributed by atoms with Crippen molar-refractivity contribution in [3.63, 3.8) is 0 Å². The van der Waals surface area contributed by atoms with Crippen molar-refractivity contribution in [1.29, 1.82) is 0 Å². The molecule has 42 heavy (non-hydrogen) atoms. The van der Waals surface area contributed by atoms with Crippen LogP contribution in [0.25, 0.3) is 0 Å². The molecule has 0 spiro atoms. The van der Waals surface area contributed by atoms with Crippen LogP contribution in [0.1, 0.15) is 69.4 Å². The quantitative estimate of drug-likeness (QED) is 0.216. The number of rotatable bonds is 9. The van der Waals surface area contributed by atoms with E-state index in [-0.39, 0.29) is 22.8 Å². The monoisotopic (exact) mass is 612 g/mol. The van der Waals surface area contributed by atoms with Crippen LogP contribution in [0.3, 0.4) is 0 Å². The van der Waals surface area contributed by atoms with Crippen LogP contribution >= 0.6 is 11.3 Å². The molecule has 1 aliphatic heterocycles. The number of nitrogen functional groups attached to an aromatic ring is 1. The van der Waals surface area contributed by atoms with E-state index >= 15 is 0 Å². The van der Waals surface area contributed by atoms with Gasteiger partial charge >= 0.3 is 6.09 Å². The topological polar surface area (TPSA) is 118 Å². The summed E-state index contributed by atoms with van der Waals surface area (Å²) in [5, 5.41) is 15.4. The molecule has 2 heterocycles. The number of halogens is 1. The maximum Gasteiger partial charge on any atom is 0.407 e. The second kappa shape index (κ2) is 12.5. The molecule has 2 amide bonds. The number of hydrogen-bond acceptors (Lipinski definition) is 6. The van der Waals surface area contributed by atoms with Crippen LogP contribution in [-0.4, -0.2) is 47.4 Å². The lowest BCUT2D eigenvalue weighted by molar-refractivity contribution is -0.117. The molecule has 2 unspecified atom stereocenters. The van der Waals surface area contributed by atoms with Crippen LogP contribution in [0.5, 0.6) is 0 Å². The van der Waals surface area contributed by atoms with Crippen LogP contribution in [0.4, 0.5) is 20.0 Å². The van der Waals surface area contributed by atoms with Crippen LogP contribution in [0.15, 0.2) is 53.9 Å². The lowest BCUT2D eigenvalue weighted by Gasteiger charge is -2.42. The molecule has 0 bridgehead atoms. The van der Waals surface area contributed by atoms with Gasteiger partial charge in [-0.2, -0.15) is 0 Å². The largest absolute Gasteiger partial charge is 0.465 e. The van der Waals surface area contributed by atoms with Gasteiger partial charge < -0.3 is 20.6 Å². The first-order valence-corrected chi connectivity index (χ1v) is 18.0. The zero-order chi connectivity index (χ0) is 30.8. The molecule has 0 aliphatic carbocycles. The Morgan fingerprint density at radius 2 is 1.90 bits per heavy atom. The molecular formula is C31H41FN4O4SSi. The van der Waals surface area contributed by atoms with Crippen LogP contribution in [-0.2, 0) is 15.6 Å². The third-order valence-electron chi connectivity index (χ3n) is 8.59. The first-order valence-electron chi connectivity index (χ1n) is 14.2. The number of anilines is 2. The van der Waals surface area contributed by atoms with Gasteiger partial charge in [0.2, 0.25) is 5.91 Å². The molecule has 0 radical (unpaired) electrons. The average Bonchev–Trinajstić information content (AvgIpc) is 3.53. The minimum absolute atomic E-state index is 0.104. The van der Waals surface area contributed by atoms with Crippen molar-refractivity contribution < 1.29 is 23.5 Å². The van der Waals surface area contributed by atoms with E-state index in [4.69, 9.17) is 10.2 Å². The molecule has 2 aromatic carbocycles. The molecule has 4 N–H and O–H groups in total. The second-order valence-corrected chi connectivity index (χ2v) is 18.2. The van der Waals surface area contributed by atoms with E-state index in [0.717, 1.165) is 5.56 Å². The van der Waals surface area contributed by atoms with Crippen LogP contribution < -0.4 is 11.1 Å². The van der Waals surface area contributed by atoms with Gasteiger partial charge in [-0.3, -0.25) is 9.69 Å². The molecule has 11 heteroatoms. The maximum absolute atomic E-state index is 14.3. The van der Waals surface area contributed by atoms with Crippen LogP contribution in [0.2, 0.25) is 18.1 Å². The van der Waals surface area contributed by atoms with Gasteiger partial charge in [-0.15, -0.1) is 11.3 Å². The summed E-state index contributed by atoms with van der Waals surface area (Å²) < 4.78 is 21.2. The molecule has 1 fully saturated rings. The fraction of sp³-hybridized carbons (Fsp3) is 0.452. The number of nitrogens with one attached hydrogen (secondary N) is 1. The van der Waals surface area contributed by atoms with Crippen molar-refractivity contribution in [3.8, 4) is 0 Å². The summed E-state index contributed by atoms with van der Waals surface area (Å²) >= 11 is 1.30. The second-order valence-electron chi connectivity index (χ2n) is 12.6. The Labute approximate surface area is 252 Å². The molecule has 1 saturated heterocycles. The highest BCUT2D eigenvalue weighted by molar-refractivity contribution is 7.13. The highest BCUT2D eigenvalue weighted by atomic mass is 32.1. The molecule has 8 nitrogen and oxygen atoms in total. The zero-order valence-electron chi connectivity index (χ0n) is 25.1. The first-order chi connectivity index (χ1) is 19.7. The van der Waals surface area contributed by atoms with E-state index < -0.39 is 32.5 Å². The molecule has 1 aromatic heterocycles. The SMILES string of the molecule is CC(C(=O)Nc1ccc(C[C@@H]2CC[C@H](C(O[Si](C)(C)C(C)(C)C)c3cccc(F)c3)N2C(=O)O)cc1)c1csc(N)n1. The number of nitrogens with zero attached hydrogens (tertiary/aromatic N) is 2. The van der Waals surface area contributed by atoms with E-state index in [1.165, 1.54) is 28.4 Å². The molecule has 1 aliphatic rings. The Bertz CT molecular complexity index is 1410. The number of hydrogen-bond donors (Lipinski definition) is 3. The fourth-order valence-corrected chi connectivity index (χ4v) is 7.07. The number of benzene rings is 2. The van der Waals surface area contributed by atoms with Gasteiger partial charge in [0.1, 0.15) is 5.82 Å². The van der Waals surface area contributed by atoms with Crippen molar-refractivity contribution in [2.45, 2.75) is 89.2 Å². The van der Waals surface area contributed by atoms with Crippen molar-refractivity contribution in [3.05, 3.63) is 76.5 Å². The summed E-state index contributed by atoms with van der Waals surface area (Å²) in [6, 6.07) is 13.1. The number of amides is 2. The number of nitrogens with two attached hydrogens (primary N) is 1. The summed E-state index contributed by atoms with van der Waals surface area (Å²) in [4.78, 5) is 31.1. The first kappa shape index (κ1) is 31.6. The Morgan fingerprint density at radius 1 is 1.21 bits per heavy atom. The number of carboxylic acid groups (broad SMARTS) is 1. The number of carbonyl (C=O) groups excluding carboxylic acids is 1. The van der Waals surface area contributed by atoms with Gasteiger partial charge in [-0.25, -0.2) is 14.2 Å². The molecule has 4 atom stereocenters. The predicted molar refractivity (Wildman–Crippen MR) is 168 cm³/mol. The van der Waals surface area contributed by atoms with Crippen LogP contribution in [0, 0.1) is 5.82 Å². The lowest BCUT2D eigenvalue weighted by Crippen LogP contribution is -2.49. The molecule has 4 rings (SSSR count). The Hall–Kier alpha value is -3.28. The van der Waals surface area contributed by atoms with Gasteiger partial charge in [-0.05, 0) is 79.7 Å². The Kier molecular flexibility index (Phi) is 9.44. The van der Waals surface area contributed by atoms with E-state index in [9.17, 15) is 19.1 Å². The van der Waals surface area contributed by atoms with Gasteiger partial charge in [-0.1, -0.05) is 45.0 Å². The van der Waals surface area contributed by atoms with E-state index in [0.29, 0.717) is 41.3 Å². The van der Waals surface area contributed by atoms with Gasteiger partial charge in [0, 0.05) is 17.1 Å². The fourth-order valence-electron chi connectivity index (χ4n) is 5.13. The predicted octanol–water partition coefficient (Wildman–Crippen LogP) is 7.42. The smallest absolute Gasteiger partial charge is 0.407 e. The molecular weight excluding hydrogens is 572 g/mol. The van der Waals surface area contributed by atoms with E-state index in [1.807, 2.05) is 30.3 Å². The summed E-state index contributed by atoms with van der Waals surface area (Å²) in [6.07, 6.45) is 0.205. The number of aromatic nitrogens is 1. The minimum Gasteiger partial charge on any atom is -0.465 e. The van der Waals surface area contributed by atoms with Crippen molar-refractivity contribution in [2.24, 2.45) is 0 Å². The lowest BCUT2D eigenvalue weighted by atomic mass is 10.0. The molecule has 226 valence electrons. The number of thiazole rings is 1. The summed E-state index contributed by atoms with van der Waals surface area (Å²) in [6.45, 7) is 12.4. The Morgan fingerprint density at radius 3 is 2.48 bits per heavy atom. The third-order valence-corrected chi connectivity index (χ3v) is 13.7. The molecule has 0 saturated carbocycles. The standard InChI is InChI=1S/C31H41FN4O4SSi/c1-19(25-18-41-29(33)35-25)28(37)34-23-12-10-20(11-13-23)16-24-14-15-26(36(24)30(38)39)27(21-8-7-9-22(32)17-21)40-42(5,6)31(2,3)4/h7-13,17-19,24,26-27H,14-16H2,1-6H3,(H2,33,35)(H,34,37)(H,38,39)/t19?,24-,26+,27?/m0/s1. The molecule has 3 aromatic rings. The summed E-state index contributed by atoms with van der Waals surface area (Å²) in [7, 11) is -2.33. The van der Waals surface area contributed by atoms with Gasteiger partial charge in [0.15, 0.2) is 13.4 Å². The van der Waals surface area contributed by atoms with Crippen molar-refractivity contribution in [2.75, 3.05) is 11.1 Å².